The first kappa shape index (κ1) is 14.5. The number of hydrogen-bond acceptors (Lipinski definition) is 3. The molecule has 0 saturated heterocycles. The third kappa shape index (κ3) is 4.05. The fourth-order valence-electron chi connectivity index (χ4n) is 2.13. The summed E-state index contributed by atoms with van der Waals surface area (Å²) in [5, 5.41) is 0. The van der Waals surface area contributed by atoms with Crippen molar-refractivity contribution >= 4 is 22.9 Å². The summed E-state index contributed by atoms with van der Waals surface area (Å²) in [6.07, 6.45) is 1.03. The molecule has 0 amide bonds. The molecule has 0 radical (unpaired) electrons. The average Bonchev–Trinajstić information content (AvgIpc) is 2.85. The number of hydrogen-bond donors (Lipinski definition) is 1. The highest BCUT2D eigenvalue weighted by Gasteiger charge is 2.17. The van der Waals surface area contributed by atoms with Crippen molar-refractivity contribution < 1.29 is 0 Å². The van der Waals surface area contributed by atoms with Crippen LogP contribution in [-0.4, -0.2) is 25.0 Å². The highest BCUT2D eigenvalue weighted by molar-refractivity contribution is 7.16. The summed E-state index contributed by atoms with van der Waals surface area (Å²) in [7, 11) is 2.12. The number of likely N-dealkylation sites (N-methyl/N-ethyl adjacent to an activating group) is 1. The van der Waals surface area contributed by atoms with Crippen LogP contribution in [0.3, 0.4) is 0 Å². The van der Waals surface area contributed by atoms with Gasteiger partial charge in [0, 0.05) is 18.0 Å². The largest absolute Gasteiger partial charge is 0.329 e. The number of benzene rings is 1. The number of nitrogens with two attached hydrogens (primary N) is 1. The Morgan fingerprint density at radius 3 is 2.53 bits per heavy atom. The quantitative estimate of drug-likeness (QED) is 0.882. The number of rotatable bonds is 6. The van der Waals surface area contributed by atoms with E-state index in [4.69, 9.17) is 17.3 Å². The molecule has 0 aliphatic heterocycles. The summed E-state index contributed by atoms with van der Waals surface area (Å²) in [5.41, 5.74) is 7.26. The van der Waals surface area contributed by atoms with Gasteiger partial charge in [-0.05, 0) is 31.2 Å². The SMILES string of the molecule is CN(CCc1ccccc1)C(CN)c1ccc(Cl)s1. The van der Waals surface area contributed by atoms with Crippen molar-refractivity contribution in [1.82, 2.24) is 4.90 Å². The summed E-state index contributed by atoms with van der Waals surface area (Å²) in [6, 6.07) is 14.8. The standard InChI is InChI=1S/C15H19ClN2S/c1-18(10-9-12-5-3-2-4-6-12)13(11-17)14-7-8-15(16)19-14/h2-8,13H,9-11,17H2,1H3. The molecule has 102 valence electrons. The highest BCUT2D eigenvalue weighted by atomic mass is 35.5. The predicted molar refractivity (Wildman–Crippen MR) is 83.9 cm³/mol. The Balaban J connectivity index is 1.96. The Morgan fingerprint density at radius 1 is 1.21 bits per heavy atom. The summed E-state index contributed by atoms with van der Waals surface area (Å²) in [4.78, 5) is 3.54. The first-order valence-electron chi connectivity index (χ1n) is 6.40. The predicted octanol–water partition coefficient (Wildman–Crippen LogP) is 3.58. The second-order valence-electron chi connectivity index (χ2n) is 4.61. The monoisotopic (exact) mass is 294 g/mol. The average molecular weight is 295 g/mol. The van der Waals surface area contributed by atoms with E-state index in [2.05, 4.69) is 42.3 Å². The second-order valence-corrected chi connectivity index (χ2v) is 6.36. The van der Waals surface area contributed by atoms with Gasteiger partial charge >= 0.3 is 0 Å². The van der Waals surface area contributed by atoms with Gasteiger partial charge in [-0.1, -0.05) is 41.9 Å². The Hall–Kier alpha value is -0.870. The molecular weight excluding hydrogens is 276 g/mol. The zero-order chi connectivity index (χ0) is 13.7. The van der Waals surface area contributed by atoms with E-state index >= 15 is 0 Å². The summed E-state index contributed by atoms with van der Waals surface area (Å²) in [5.74, 6) is 0. The molecule has 1 aromatic heterocycles. The highest BCUT2D eigenvalue weighted by Crippen LogP contribution is 2.29. The zero-order valence-electron chi connectivity index (χ0n) is 11.1. The number of thiophene rings is 1. The molecule has 19 heavy (non-hydrogen) atoms. The normalized spacial score (nSPS) is 12.8. The fourth-order valence-corrected chi connectivity index (χ4v) is 3.37. The lowest BCUT2D eigenvalue weighted by Crippen LogP contribution is -2.31. The van der Waals surface area contributed by atoms with Crippen molar-refractivity contribution in [1.29, 1.82) is 0 Å². The Morgan fingerprint density at radius 2 is 1.95 bits per heavy atom. The molecular formula is C15H19ClN2S. The summed E-state index contributed by atoms with van der Waals surface area (Å²) in [6.45, 7) is 1.60. The third-order valence-electron chi connectivity index (χ3n) is 3.27. The van der Waals surface area contributed by atoms with Gasteiger partial charge in [0.1, 0.15) is 0 Å². The van der Waals surface area contributed by atoms with E-state index in [1.807, 2.05) is 12.1 Å². The van der Waals surface area contributed by atoms with Crippen LogP contribution in [-0.2, 0) is 6.42 Å². The molecule has 0 fully saturated rings. The van der Waals surface area contributed by atoms with E-state index in [-0.39, 0.29) is 6.04 Å². The Bertz CT molecular complexity index is 498. The van der Waals surface area contributed by atoms with Gasteiger partial charge in [0.25, 0.3) is 0 Å². The van der Waals surface area contributed by atoms with Gasteiger partial charge in [0.15, 0.2) is 0 Å². The first-order valence-corrected chi connectivity index (χ1v) is 7.59. The summed E-state index contributed by atoms with van der Waals surface area (Å²) >= 11 is 7.61. The molecule has 0 aliphatic rings. The molecule has 2 N–H and O–H groups in total. The van der Waals surface area contributed by atoms with Crippen LogP contribution in [0.15, 0.2) is 42.5 Å². The van der Waals surface area contributed by atoms with Crippen LogP contribution in [0.25, 0.3) is 0 Å². The lowest BCUT2D eigenvalue weighted by atomic mass is 10.1. The minimum atomic E-state index is 0.251. The first-order chi connectivity index (χ1) is 9.20. The maximum atomic E-state index is 6.00. The molecule has 1 heterocycles. The molecule has 1 unspecified atom stereocenters. The van der Waals surface area contributed by atoms with Crippen LogP contribution < -0.4 is 5.73 Å². The third-order valence-corrected chi connectivity index (χ3v) is 4.61. The topological polar surface area (TPSA) is 29.3 Å². The van der Waals surface area contributed by atoms with Crippen LogP contribution in [0.1, 0.15) is 16.5 Å². The van der Waals surface area contributed by atoms with E-state index in [1.165, 1.54) is 10.4 Å². The van der Waals surface area contributed by atoms with E-state index in [0.717, 1.165) is 17.3 Å². The van der Waals surface area contributed by atoms with Crippen molar-refractivity contribution in [2.45, 2.75) is 12.5 Å². The lowest BCUT2D eigenvalue weighted by molar-refractivity contribution is 0.256. The summed E-state index contributed by atoms with van der Waals surface area (Å²) < 4.78 is 0.824. The van der Waals surface area contributed by atoms with Crippen molar-refractivity contribution in [2.24, 2.45) is 5.73 Å². The molecule has 2 nitrogen and oxygen atoms in total. The van der Waals surface area contributed by atoms with E-state index in [1.54, 1.807) is 11.3 Å². The molecule has 1 aromatic carbocycles. The van der Waals surface area contributed by atoms with Gasteiger partial charge in [-0.25, -0.2) is 0 Å². The minimum absolute atomic E-state index is 0.251. The lowest BCUT2D eigenvalue weighted by Gasteiger charge is -2.26. The molecule has 2 rings (SSSR count). The Labute approximate surface area is 123 Å². The van der Waals surface area contributed by atoms with Crippen molar-refractivity contribution in [3.8, 4) is 0 Å². The van der Waals surface area contributed by atoms with Gasteiger partial charge in [-0.2, -0.15) is 0 Å². The molecule has 0 saturated carbocycles. The van der Waals surface area contributed by atoms with E-state index in [0.29, 0.717) is 6.54 Å². The van der Waals surface area contributed by atoms with E-state index in [9.17, 15) is 0 Å². The minimum Gasteiger partial charge on any atom is -0.329 e. The van der Waals surface area contributed by atoms with Gasteiger partial charge in [-0.3, -0.25) is 4.90 Å². The fraction of sp³-hybridized carbons (Fsp3) is 0.333. The van der Waals surface area contributed by atoms with Crippen LogP contribution in [0.4, 0.5) is 0 Å². The molecule has 4 heteroatoms. The van der Waals surface area contributed by atoms with Crippen LogP contribution in [0.5, 0.6) is 0 Å². The van der Waals surface area contributed by atoms with Gasteiger partial charge in [-0.15, -0.1) is 11.3 Å². The molecule has 0 spiro atoms. The number of nitrogens with zero attached hydrogens (tertiary/aromatic N) is 1. The molecule has 0 aliphatic carbocycles. The zero-order valence-corrected chi connectivity index (χ0v) is 12.6. The van der Waals surface area contributed by atoms with E-state index < -0.39 is 0 Å². The van der Waals surface area contributed by atoms with Crippen LogP contribution in [0.2, 0.25) is 4.34 Å². The maximum absolute atomic E-state index is 6.00. The van der Waals surface area contributed by atoms with Crippen molar-refractivity contribution in [3.63, 3.8) is 0 Å². The maximum Gasteiger partial charge on any atom is 0.0931 e. The van der Waals surface area contributed by atoms with Gasteiger partial charge in [0.2, 0.25) is 0 Å². The molecule has 1 atom stereocenters. The molecule has 0 bridgehead atoms. The second kappa shape index (κ2) is 7.06. The Kier molecular flexibility index (Phi) is 5.40. The smallest absolute Gasteiger partial charge is 0.0931 e. The van der Waals surface area contributed by atoms with Crippen molar-refractivity contribution in [2.75, 3.05) is 20.1 Å². The van der Waals surface area contributed by atoms with Crippen LogP contribution in [0, 0.1) is 0 Å². The number of halogens is 1. The van der Waals surface area contributed by atoms with Gasteiger partial charge in [0.05, 0.1) is 10.4 Å². The van der Waals surface area contributed by atoms with Crippen LogP contribution >= 0.6 is 22.9 Å². The molecule has 2 aromatic rings. The van der Waals surface area contributed by atoms with Gasteiger partial charge < -0.3 is 5.73 Å². The van der Waals surface area contributed by atoms with Crippen molar-refractivity contribution in [3.05, 3.63) is 57.2 Å².